The van der Waals surface area contributed by atoms with Crippen LogP contribution in [-0.2, 0) is 4.79 Å². The van der Waals surface area contributed by atoms with Gasteiger partial charge in [0.1, 0.15) is 0 Å². The molecule has 0 radical (unpaired) electrons. The fourth-order valence-corrected chi connectivity index (χ4v) is 3.06. The summed E-state index contributed by atoms with van der Waals surface area (Å²) in [6.45, 7) is 2.28. The van der Waals surface area contributed by atoms with Gasteiger partial charge in [0, 0.05) is 31.4 Å². The summed E-state index contributed by atoms with van der Waals surface area (Å²) in [5.74, 6) is -1.23. The number of non-ortho nitro benzene ring substituents is 1. The second kappa shape index (κ2) is 6.58. The number of nitrogens with zero attached hydrogens (tertiary/aromatic N) is 4. The van der Waals surface area contributed by atoms with E-state index in [9.17, 15) is 24.8 Å². The number of hydrogen-bond donors (Lipinski definition) is 1. The molecule has 1 unspecified atom stereocenters. The second-order valence-electron chi connectivity index (χ2n) is 6.62. The van der Waals surface area contributed by atoms with E-state index in [1.165, 1.54) is 21.7 Å². The Kier molecular flexibility index (Phi) is 4.45. The Morgan fingerprint density at radius 2 is 1.96 bits per heavy atom. The van der Waals surface area contributed by atoms with Crippen LogP contribution < -0.4 is 0 Å². The molecule has 1 saturated heterocycles. The van der Waals surface area contributed by atoms with Crippen LogP contribution in [-0.4, -0.2) is 49.7 Å². The molecular formula is C17H18N4O5. The Morgan fingerprint density at radius 1 is 1.27 bits per heavy atom. The minimum atomic E-state index is -0.950. The van der Waals surface area contributed by atoms with Gasteiger partial charge < -0.3 is 10.0 Å². The Balaban J connectivity index is 1.77. The van der Waals surface area contributed by atoms with Gasteiger partial charge >= 0.3 is 5.97 Å². The van der Waals surface area contributed by atoms with Crippen molar-refractivity contribution in [2.75, 3.05) is 13.1 Å². The van der Waals surface area contributed by atoms with Gasteiger partial charge in [0.15, 0.2) is 5.69 Å². The maximum atomic E-state index is 12.7. The van der Waals surface area contributed by atoms with Crippen LogP contribution in [0.1, 0.15) is 30.3 Å². The van der Waals surface area contributed by atoms with Crippen LogP contribution in [0.15, 0.2) is 36.5 Å². The lowest BCUT2D eigenvalue weighted by Gasteiger charge is -2.37. The number of amides is 1. The number of hydrogen-bond acceptors (Lipinski definition) is 5. The molecular weight excluding hydrogens is 340 g/mol. The number of benzene rings is 1. The summed E-state index contributed by atoms with van der Waals surface area (Å²) in [5, 5.41) is 24.3. The Bertz CT molecular complexity index is 860. The number of aromatic nitrogens is 2. The summed E-state index contributed by atoms with van der Waals surface area (Å²) in [6, 6.07) is 7.36. The molecule has 9 nitrogen and oxygen atoms in total. The summed E-state index contributed by atoms with van der Waals surface area (Å²) in [4.78, 5) is 35.8. The van der Waals surface area contributed by atoms with E-state index in [2.05, 4.69) is 5.10 Å². The number of nitro benzene ring substituents is 1. The number of piperidine rings is 1. The van der Waals surface area contributed by atoms with Crippen molar-refractivity contribution in [2.24, 2.45) is 5.41 Å². The number of carboxylic acid groups (broad SMARTS) is 1. The molecule has 1 aromatic heterocycles. The van der Waals surface area contributed by atoms with E-state index in [0.29, 0.717) is 25.1 Å². The predicted octanol–water partition coefficient (Wildman–Crippen LogP) is 2.11. The molecule has 1 aliphatic rings. The third kappa shape index (κ3) is 3.28. The molecule has 0 bridgehead atoms. The van der Waals surface area contributed by atoms with Crippen LogP contribution in [0.5, 0.6) is 0 Å². The van der Waals surface area contributed by atoms with Gasteiger partial charge in [-0.25, -0.2) is 4.68 Å². The summed E-state index contributed by atoms with van der Waals surface area (Å²) in [6.07, 6.45) is 2.75. The minimum absolute atomic E-state index is 0.0292. The average Bonchev–Trinajstić information content (AvgIpc) is 3.11. The molecule has 2 heterocycles. The lowest BCUT2D eigenvalue weighted by atomic mass is 9.82. The normalized spacial score (nSPS) is 20.0. The molecule has 1 N–H and O–H groups in total. The van der Waals surface area contributed by atoms with Crippen LogP contribution in [0.4, 0.5) is 5.69 Å². The summed E-state index contributed by atoms with van der Waals surface area (Å²) >= 11 is 0. The zero-order chi connectivity index (χ0) is 18.9. The van der Waals surface area contributed by atoms with Gasteiger partial charge in [0.2, 0.25) is 0 Å². The van der Waals surface area contributed by atoms with Crippen molar-refractivity contribution in [3.8, 4) is 5.69 Å². The maximum Gasteiger partial charge on any atom is 0.311 e. The van der Waals surface area contributed by atoms with Crippen LogP contribution in [0.2, 0.25) is 0 Å². The largest absolute Gasteiger partial charge is 0.481 e. The fourth-order valence-electron chi connectivity index (χ4n) is 3.06. The maximum absolute atomic E-state index is 12.7. The molecule has 136 valence electrons. The van der Waals surface area contributed by atoms with Gasteiger partial charge in [-0.05, 0) is 38.0 Å². The number of aliphatic carboxylic acids is 1. The first-order chi connectivity index (χ1) is 12.3. The average molecular weight is 358 g/mol. The van der Waals surface area contributed by atoms with E-state index in [4.69, 9.17) is 0 Å². The topological polar surface area (TPSA) is 119 Å². The van der Waals surface area contributed by atoms with Crippen LogP contribution in [0, 0.1) is 15.5 Å². The van der Waals surface area contributed by atoms with E-state index in [-0.39, 0.29) is 23.8 Å². The van der Waals surface area contributed by atoms with E-state index < -0.39 is 16.3 Å². The molecule has 0 aliphatic carbocycles. The zero-order valence-electron chi connectivity index (χ0n) is 14.2. The molecule has 9 heteroatoms. The van der Waals surface area contributed by atoms with Crippen molar-refractivity contribution >= 4 is 17.6 Å². The molecule has 1 aliphatic heterocycles. The quantitative estimate of drug-likeness (QED) is 0.660. The fraction of sp³-hybridized carbons (Fsp3) is 0.353. The number of carbonyl (C=O) groups is 2. The Labute approximate surface area is 149 Å². The third-order valence-corrected chi connectivity index (χ3v) is 4.63. The van der Waals surface area contributed by atoms with Crippen LogP contribution >= 0.6 is 0 Å². The van der Waals surface area contributed by atoms with Crippen molar-refractivity contribution in [2.45, 2.75) is 19.8 Å². The number of carbonyl (C=O) groups excluding carboxylic acids is 1. The molecule has 3 rings (SSSR count). The van der Waals surface area contributed by atoms with Gasteiger partial charge in [0.05, 0.1) is 16.0 Å². The first kappa shape index (κ1) is 17.6. The van der Waals surface area contributed by atoms with Gasteiger partial charge in [-0.1, -0.05) is 0 Å². The lowest BCUT2D eigenvalue weighted by molar-refractivity contribution is -0.384. The number of likely N-dealkylation sites (tertiary alicyclic amines) is 1. The molecule has 1 atom stereocenters. The molecule has 1 aromatic carbocycles. The molecule has 26 heavy (non-hydrogen) atoms. The van der Waals surface area contributed by atoms with Crippen molar-refractivity contribution in [1.29, 1.82) is 0 Å². The summed E-state index contributed by atoms with van der Waals surface area (Å²) in [5.41, 5.74) is -0.186. The van der Waals surface area contributed by atoms with Gasteiger partial charge in [-0.3, -0.25) is 19.7 Å². The highest BCUT2D eigenvalue weighted by atomic mass is 16.6. The van der Waals surface area contributed by atoms with Gasteiger partial charge in [-0.15, -0.1) is 0 Å². The summed E-state index contributed by atoms with van der Waals surface area (Å²) in [7, 11) is 0. The first-order valence-corrected chi connectivity index (χ1v) is 8.13. The van der Waals surface area contributed by atoms with Crippen LogP contribution in [0.3, 0.4) is 0 Å². The highest BCUT2D eigenvalue weighted by Gasteiger charge is 2.39. The summed E-state index contributed by atoms with van der Waals surface area (Å²) < 4.78 is 1.46. The molecule has 0 saturated carbocycles. The van der Waals surface area contributed by atoms with Gasteiger partial charge in [-0.2, -0.15) is 5.10 Å². The van der Waals surface area contributed by atoms with E-state index in [1.807, 2.05) is 0 Å². The standard InChI is InChI=1S/C17H18N4O5/c1-17(16(23)24)8-2-9-19(11-17)15(22)14-7-10-20(18-14)12-3-5-13(6-4-12)21(25)26/h3-7,10H,2,8-9,11H2,1H3,(H,23,24). The Hall–Kier alpha value is -3.23. The molecule has 1 fully saturated rings. The van der Waals surface area contributed by atoms with E-state index >= 15 is 0 Å². The molecule has 1 amide bonds. The monoisotopic (exact) mass is 358 g/mol. The highest BCUT2D eigenvalue weighted by molar-refractivity contribution is 5.92. The number of carboxylic acids is 1. The minimum Gasteiger partial charge on any atom is -0.481 e. The van der Waals surface area contributed by atoms with Crippen molar-refractivity contribution in [1.82, 2.24) is 14.7 Å². The van der Waals surface area contributed by atoms with Crippen molar-refractivity contribution in [3.63, 3.8) is 0 Å². The van der Waals surface area contributed by atoms with E-state index in [0.717, 1.165) is 0 Å². The van der Waals surface area contributed by atoms with Crippen molar-refractivity contribution < 1.29 is 19.6 Å². The predicted molar refractivity (Wildman–Crippen MR) is 91.1 cm³/mol. The Morgan fingerprint density at radius 3 is 2.58 bits per heavy atom. The smallest absolute Gasteiger partial charge is 0.311 e. The first-order valence-electron chi connectivity index (χ1n) is 8.13. The van der Waals surface area contributed by atoms with Gasteiger partial charge in [0.25, 0.3) is 11.6 Å². The number of nitro groups is 1. The molecule has 0 spiro atoms. The zero-order valence-corrected chi connectivity index (χ0v) is 14.2. The molecule has 2 aromatic rings. The second-order valence-corrected chi connectivity index (χ2v) is 6.62. The lowest BCUT2D eigenvalue weighted by Crippen LogP contribution is -2.48. The SMILES string of the molecule is CC1(C(=O)O)CCCN(C(=O)c2ccn(-c3ccc([N+](=O)[O-])cc3)n2)C1. The van der Waals surface area contributed by atoms with E-state index in [1.54, 1.807) is 31.3 Å². The van der Waals surface area contributed by atoms with Crippen molar-refractivity contribution in [3.05, 3.63) is 52.3 Å². The number of rotatable bonds is 4. The third-order valence-electron chi connectivity index (χ3n) is 4.63. The van der Waals surface area contributed by atoms with Crippen LogP contribution in [0.25, 0.3) is 5.69 Å². The highest BCUT2D eigenvalue weighted by Crippen LogP contribution is 2.30.